The summed E-state index contributed by atoms with van der Waals surface area (Å²) in [6.45, 7) is 0.225. The van der Waals surface area contributed by atoms with Crippen LogP contribution < -0.4 is 15.5 Å². The molecule has 0 unspecified atom stereocenters. The summed E-state index contributed by atoms with van der Waals surface area (Å²) in [5.74, 6) is -6.72. The van der Waals surface area contributed by atoms with Crippen molar-refractivity contribution < 1.29 is 22.4 Å². The fourth-order valence-corrected chi connectivity index (χ4v) is 4.23. The first kappa shape index (κ1) is 23.7. The van der Waals surface area contributed by atoms with Gasteiger partial charge in [0, 0.05) is 32.1 Å². The number of amides is 1. The van der Waals surface area contributed by atoms with Gasteiger partial charge in [-0.15, -0.1) is 0 Å². The van der Waals surface area contributed by atoms with Crippen LogP contribution in [-0.2, 0) is 0 Å². The normalized spacial score (nSPS) is 18.1. The highest BCUT2D eigenvalue weighted by molar-refractivity contribution is 5.94. The van der Waals surface area contributed by atoms with Gasteiger partial charge in [0.1, 0.15) is 5.82 Å². The molecule has 34 heavy (non-hydrogen) atoms. The largest absolute Gasteiger partial charge is 0.362 e. The number of anilines is 2. The monoisotopic (exact) mass is 475 g/mol. The first-order valence-electron chi connectivity index (χ1n) is 11.1. The maximum Gasteiger partial charge on any atom is 0.254 e. The van der Waals surface area contributed by atoms with Crippen molar-refractivity contribution in [3.8, 4) is 0 Å². The Morgan fingerprint density at radius 2 is 1.71 bits per heavy atom. The second kappa shape index (κ2) is 9.82. The Labute approximate surface area is 194 Å². The number of para-hydroxylation sites is 1. The minimum atomic E-state index is -2.00. The van der Waals surface area contributed by atoms with Crippen molar-refractivity contribution in [1.82, 2.24) is 15.3 Å². The van der Waals surface area contributed by atoms with E-state index in [0.29, 0.717) is 12.0 Å². The molecule has 10 heteroatoms. The molecule has 0 spiro atoms. The fraction of sp³-hybridized carbons (Fsp3) is 0.375. The molecule has 2 aromatic carbocycles. The molecular weight excluding hydrogens is 450 g/mol. The third-order valence-electron chi connectivity index (χ3n) is 6.09. The molecule has 6 nitrogen and oxygen atoms in total. The van der Waals surface area contributed by atoms with Crippen LogP contribution in [0.1, 0.15) is 36.0 Å². The molecule has 0 radical (unpaired) electrons. The molecule has 1 amide bonds. The molecule has 0 bridgehead atoms. The van der Waals surface area contributed by atoms with Gasteiger partial charge >= 0.3 is 0 Å². The number of fused-ring (bicyclic) bond motifs is 1. The molecule has 1 aromatic heterocycles. The van der Waals surface area contributed by atoms with E-state index in [0.717, 1.165) is 42.4 Å². The van der Waals surface area contributed by atoms with E-state index in [1.54, 1.807) is 0 Å². The smallest absolute Gasteiger partial charge is 0.254 e. The average molecular weight is 475 g/mol. The Morgan fingerprint density at radius 3 is 2.41 bits per heavy atom. The predicted octanol–water partition coefficient (Wildman–Crippen LogP) is 4.65. The van der Waals surface area contributed by atoms with Crippen molar-refractivity contribution in [1.29, 1.82) is 0 Å². The Morgan fingerprint density at radius 1 is 1.00 bits per heavy atom. The average Bonchev–Trinajstić information content (AvgIpc) is 2.83. The molecule has 1 aliphatic rings. The van der Waals surface area contributed by atoms with E-state index >= 15 is 0 Å². The van der Waals surface area contributed by atoms with E-state index in [-0.39, 0.29) is 18.5 Å². The Bertz CT molecular complexity index is 1210. The molecule has 1 saturated carbocycles. The minimum absolute atomic E-state index is 0.120. The van der Waals surface area contributed by atoms with E-state index in [1.807, 2.05) is 43.3 Å². The van der Waals surface area contributed by atoms with Gasteiger partial charge in [0.15, 0.2) is 23.3 Å². The summed E-state index contributed by atoms with van der Waals surface area (Å²) < 4.78 is 53.7. The van der Waals surface area contributed by atoms with Gasteiger partial charge < -0.3 is 15.5 Å². The highest BCUT2D eigenvalue weighted by Gasteiger charge is 2.25. The minimum Gasteiger partial charge on any atom is -0.362 e. The SMILES string of the molecule is CN(C)c1nc(N[C@H]2CC[C@@H](CNC(=O)c3cc(F)c(F)c(F)c3F)CC2)nc2ccccc12. The Kier molecular flexibility index (Phi) is 6.85. The van der Waals surface area contributed by atoms with Crippen molar-refractivity contribution in [2.24, 2.45) is 5.92 Å². The number of rotatable bonds is 6. The van der Waals surface area contributed by atoms with E-state index in [1.165, 1.54) is 0 Å². The van der Waals surface area contributed by atoms with Crippen LogP contribution in [0.2, 0.25) is 0 Å². The molecule has 0 aliphatic heterocycles. The van der Waals surface area contributed by atoms with Crippen LogP contribution in [0.25, 0.3) is 10.9 Å². The first-order valence-corrected chi connectivity index (χ1v) is 11.1. The molecule has 4 rings (SSSR count). The maximum atomic E-state index is 13.8. The van der Waals surface area contributed by atoms with Gasteiger partial charge in [-0.3, -0.25) is 4.79 Å². The van der Waals surface area contributed by atoms with Gasteiger partial charge in [-0.25, -0.2) is 22.5 Å². The zero-order chi connectivity index (χ0) is 24.4. The van der Waals surface area contributed by atoms with Crippen LogP contribution in [0.15, 0.2) is 30.3 Å². The van der Waals surface area contributed by atoms with Gasteiger partial charge in [-0.05, 0) is 49.8 Å². The van der Waals surface area contributed by atoms with E-state index < -0.39 is 34.7 Å². The highest BCUT2D eigenvalue weighted by Crippen LogP contribution is 2.28. The number of nitrogens with zero attached hydrogens (tertiary/aromatic N) is 3. The van der Waals surface area contributed by atoms with Crippen LogP contribution in [-0.4, -0.2) is 42.6 Å². The lowest BCUT2D eigenvalue weighted by Crippen LogP contribution is -2.34. The molecule has 1 heterocycles. The number of carbonyl (C=O) groups is 1. The highest BCUT2D eigenvalue weighted by atomic mass is 19.2. The van der Waals surface area contributed by atoms with Crippen LogP contribution >= 0.6 is 0 Å². The summed E-state index contributed by atoms with van der Waals surface area (Å²) in [7, 11) is 3.86. The molecule has 2 N–H and O–H groups in total. The number of nitrogens with one attached hydrogen (secondary N) is 2. The molecule has 3 aromatic rings. The number of hydrogen-bond acceptors (Lipinski definition) is 5. The van der Waals surface area contributed by atoms with Crippen molar-refractivity contribution in [2.75, 3.05) is 30.9 Å². The number of halogens is 4. The van der Waals surface area contributed by atoms with Crippen LogP contribution in [0.5, 0.6) is 0 Å². The molecule has 1 aliphatic carbocycles. The molecule has 1 fully saturated rings. The lowest BCUT2D eigenvalue weighted by atomic mass is 9.86. The predicted molar refractivity (Wildman–Crippen MR) is 122 cm³/mol. The van der Waals surface area contributed by atoms with E-state index in [9.17, 15) is 22.4 Å². The summed E-state index contributed by atoms with van der Waals surface area (Å²) in [6.07, 6.45) is 3.17. The second-order valence-corrected chi connectivity index (χ2v) is 8.70. The zero-order valence-electron chi connectivity index (χ0n) is 18.8. The molecule has 0 saturated heterocycles. The number of hydrogen-bond donors (Lipinski definition) is 2. The van der Waals surface area contributed by atoms with Gasteiger partial charge in [-0.1, -0.05) is 12.1 Å². The summed E-state index contributed by atoms with van der Waals surface area (Å²) in [6, 6.07) is 8.32. The fourth-order valence-electron chi connectivity index (χ4n) is 4.23. The zero-order valence-corrected chi connectivity index (χ0v) is 18.8. The van der Waals surface area contributed by atoms with Gasteiger partial charge in [0.2, 0.25) is 5.95 Å². The second-order valence-electron chi connectivity index (χ2n) is 8.70. The maximum absolute atomic E-state index is 13.8. The Balaban J connectivity index is 1.33. The summed E-state index contributed by atoms with van der Waals surface area (Å²) in [5, 5.41) is 6.87. The van der Waals surface area contributed by atoms with Crippen molar-refractivity contribution in [3.05, 3.63) is 59.2 Å². The third-order valence-corrected chi connectivity index (χ3v) is 6.09. The Hall–Kier alpha value is -3.43. The van der Waals surface area contributed by atoms with Crippen LogP contribution in [0, 0.1) is 29.2 Å². The summed E-state index contributed by atoms with van der Waals surface area (Å²) in [4.78, 5) is 23.4. The number of aromatic nitrogens is 2. The molecule has 0 atom stereocenters. The van der Waals surface area contributed by atoms with Crippen molar-refractivity contribution in [2.45, 2.75) is 31.7 Å². The number of benzene rings is 2. The summed E-state index contributed by atoms with van der Waals surface area (Å²) >= 11 is 0. The van der Waals surface area contributed by atoms with Crippen molar-refractivity contribution >= 4 is 28.6 Å². The lowest BCUT2D eigenvalue weighted by Gasteiger charge is -2.29. The van der Waals surface area contributed by atoms with Crippen molar-refractivity contribution in [3.63, 3.8) is 0 Å². The van der Waals surface area contributed by atoms with Gasteiger partial charge in [0.25, 0.3) is 5.91 Å². The number of carbonyl (C=O) groups excluding carboxylic acids is 1. The van der Waals surface area contributed by atoms with Gasteiger partial charge in [-0.2, -0.15) is 4.98 Å². The van der Waals surface area contributed by atoms with Crippen LogP contribution in [0.3, 0.4) is 0 Å². The standard InChI is InChI=1S/C24H25F4N5O/c1-33(2)22-15-5-3-4-6-18(15)31-24(32-22)30-14-9-7-13(8-10-14)12-29-23(34)16-11-17(25)20(27)21(28)19(16)26/h3-6,11,13-14H,7-10,12H2,1-2H3,(H,29,34)(H,30,31,32)/t13-,14+. The molecule has 180 valence electrons. The summed E-state index contributed by atoms with van der Waals surface area (Å²) in [5.41, 5.74) is -0.00195. The van der Waals surface area contributed by atoms with E-state index in [4.69, 9.17) is 0 Å². The van der Waals surface area contributed by atoms with Crippen LogP contribution in [0.4, 0.5) is 29.3 Å². The van der Waals surface area contributed by atoms with Gasteiger partial charge in [0.05, 0.1) is 11.1 Å². The lowest BCUT2D eigenvalue weighted by molar-refractivity contribution is 0.0937. The third kappa shape index (κ3) is 4.90. The van der Waals surface area contributed by atoms with E-state index in [2.05, 4.69) is 20.6 Å². The topological polar surface area (TPSA) is 70.2 Å². The molecular formula is C24H25F4N5O. The quantitative estimate of drug-likeness (QED) is 0.309. The first-order chi connectivity index (χ1) is 16.2.